The highest BCUT2D eigenvalue weighted by Gasteiger charge is 2.62. The van der Waals surface area contributed by atoms with Crippen molar-refractivity contribution in [3.63, 3.8) is 0 Å². The summed E-state index contributed by atoms with van der Waals surface area (Å²) in [4.78, 5) is 28.7. The van der Waals surface area contributed by atoms with Gasteiger partial charge in [-0.15, -0.1) is 0 Å². The number of benzene rings is 1. The van der Waals surface area contributed by atoms with Crippen LogP contribution < -0.4 is 0 Å². The minimum Gasteiger partial charge on any atom is -0.465 e. The molecule has 3 heterocycles. The van der Waals surface area contributed by atoms with Gasteiger partial charge < -0.3 is 9.64 Å². The molecule has 2 fully saturated rings. The Bertz CT molecular complexity index is 907. The maximum absolute atomic E-state index is 13.5. The van der Waals surface area contributed by atoms with Gasteiger partial charge in [-0.3, -0.25) is 14.3 Å². The predicted octanol–water partition coefficient (Wildman–Crippen LogP) is 3.38. The van der Waals surface area contributed by atoms with Gasteiger partial charge in [0.1, 0.15) is 5.69 Å². The molecule has 0 saturated carbocycles. The van der Waals surface area contributed by atoms with Crippen molar-refractivity contribution < 1.29 is 14.3 Å². The first-order valence-corrected chi connectivity index (χ1v) is 10.6. The maximum Gasteiger partial charge on any atom is 0.314 e. The molecular weight excluding hydrogens is 366 g/mol. The number of esters is 1. The molecule has 154 valence electrons. The van der Waals surface area contributed by atoms with Gasteiger partial charge in [0.2, 0.25) is 0 Å². The average Bonchev–Trinajstić information content (AvgIpc) is 3.39. The van der Waals surface area contributed by atoms with Gasteiger partial charge in [0.15, 0.2) is 0 Å². The van der Waals surface area contributed by atoms with Crippen LogP contribution in [0.15, 0.2) is 36.4 Å². The molecule has 6 heteroatoms. The van der Waals surface area contributed by atoms with E-state index in [1.807, 2.05) is 49.9 Å². The molecule has 0 radical (unpaired) electrons. The van der Waals surface area contributed by atoms with Crippen LogP contribution in [0.25, 0.3) is 0 Å². The Kier molecular flexibility index (Phi) is 5.19. The fraction of sp³-hybridized carbons (Fsp3) is 0.522. The molecule has 0 N–H and O–H groups in total. The second-order valence-electron chi connectivity index (χ2n) is 8.19. The molecule has 2 aromatic rings. The normalized spacial score (nSPS) is 25.4. The zero-order valence-corrected chi connectivity index (χ0v) is 17.4. The van der Waals surface area contributed by atoms with Gasteiger partial charge in [-0.05, 0) is 58.1 Å². The highest BCUT2D eigenvalue weighted by Crippen LogP contribution is 2.52. The summed E-state index contributed by atoms with van der Waals surface area (Å²) >= 11 is 0. The van der Waals surface area contributed by atoms with Crippen LogP contribution in [0.3, 0.4) is 0 Å². The summed E-state index contributed by atoms with van der Waals surface area (Å²) in [7, 11) is 0. The lowest BCUT2D eigenvalue weighted by Gasteiger charge is -2.35. The predicted molar refractivity (Wildman–Crippen MR) is 109 cm³/mol. The van der Waals surface area contributed by atoms with Crippen molar-refractivity contribution in [2.75, 3.05) is 6.61 Å². The van der Waals surface area contributed by atoms with Gasteiger partial charge in [0.05, 0.1) is 17.7 Å². The van der Waals surface area contributed by atoms with Crippen molar-refractivity contribution in [3.05, 3.63) is 53.3 Å². The molecule has 2 saturated heterocycles. The molecule has 0 unspecified atom stereocenters. The first-order valence-electron chi connectivity index (χ1n) is 10.6. The standard InChI is InChI=1S/C23H29N3O3/c1-4-25-19(13-16(3)24-25)21(27)26-18-11-12-20(26)23(15-18,22(28)29-5-2)14-17-9-7-6-8-10-17/h6-10,13,18,20H,4-5,11-12,14-15H2,1-3H3/t18-,20+,23+/m1/s1. The molecule has 2 bridgehead atoms. The van der Waals surface area contributed by atoms with Crippen molar-refractivity contribution in [2.24, 2.45) is 5.41 Å². The van der Waals surface area contributed by atoms with Crippen molar-refractivity contribution in [3.8, 4) is 0 Å². The second kappa shape index (κ2) is 7.65. The van der Waals surface area contributed by atoms with Crippen LogP contribution in [-0.2, 0) is 22.5 Å². The van der Waals surface area contributed by atoms with E-state index in [2.05, 4.69) is 17.2 Å². The molecule has 3 atom stereocenters. The molecule has 4 rings (SSSR count). The molecule has 29 heavy (non-hydrogen) atoms. The first-order chi connectivity index (χ1) is 14.0. The van der Waals surface area contributed by atoms with Crippen LogP contribution in [0.1, 0.15) is 54.9 Å². The van der Waals surface area contributed by atoms with E-state index in [4.69, 9.17) is 4.74 Å². The number of rotatable bonds is 6. The van der Waals surface area contributed by atoms with Crippen molar-refractivity contribution in [1.29, 1.82) is 0 Å². The summed E-state index contributed by atoms with van der Waals surface area (Å²) < 4.78 is 7.30. The Morgan fingerprint density at radius 3 is 2.66 bits per heavy atom. The van der Waals surface area contributed by atoms with Gasteiger partial charge in [0.25, 0.3) is 5.91 Å². The summed E-state index contributed by atoms with van der Waals surface area (Å²) in [6, 6.07) is 11.8. The number of nitrogens with zero attached hydrogens (tertiary/aromatic N) is 3. The highest BCUT2D eigenvalue weighted by atomic mass is 16.5. The zero-order chi connectivity index (χ0) is 20.6. The minimum absolute atomic E-state index is 0.0146. The fourth-order valence-electron chi connectivity index (χ4n) is 5.30. The van der Waals surface area contributed by atoms with E-state index in [-0.39, 0.29) is 24.0 Å². The van der Waals surface area contributed by atoms with E-state index >= 15 is 0 Å². The third kappa shape index (κ3) is 3.24. The molecule has 6 nitrogen and oxygen atoms in total. The smallest absolute Gasteiger partial charge is 0.314 e. The lowest BCUT2D eigenvalue weighted by molar-refractivity contribution is -0.157. The number of aromatic nitrogens is 2. The first kappa shape index (κ1) is 19.7. The summed E-state index contributed by atoms with van der Waals surface area (Å²) in [6.07, 6.45) is 3.03. The van der Waals surface area contributed by atoms with Gasteiger partial charge in [-0.25, -0.2) is 0 Å². The Morgan fingerprint density at radius 2 is 1.97 bits per heavy atom. The number of amides is 1. The number of hydrogen-bond donors (Lipinski definition) is 0. The van der Waals surface area contributed by atoms with Crippen molar-refractivity contribution >= 4 is 11.9 Å². The number of carbonyl (C=O) groups excluding carboxylic acids is 2. The summed E-state index contributed by atoms with van der Waals surface area (Å²) in [5.74, 6) is -0.187. The summed E-state index contributed by atoms with van der Waals surface area (Å²) in [5.41, 5.74) is 1.88. The third-order valence-electron chi connectivity index (χ3n) is 6.44. The summed E-state index contributed by atoms with van der Waals surface area (Å²) in [6.45, 7) is 6.72. The Hall–Kier alpha value is -2.63. The molecular formula is C23H29N3O3. The number of ether oxygens (including phenoxy) is 1. The van der Waals surface area contributed by atoms with Gasteiger partial charge in [0, 0.05) is 18.6 Å². The Balaban J connectivity index is 1.70. The number of fused-ring (bicyclic) bond motifs is 2. The number of aryl methyl sites for hydroxylation is 2. The molecule has 1 aromatic carbocycles. The van der Waals surface area contributed by atoms with Crippen LogP contribution >= 0.6 is 0 Å². The lowest BCUT2D eigenvalue weighted by atomic mass is 9.70. The highest BCUT2D eigenvalue weighted by molar-refractivity contribution is 5.95. The lowest BCUT2D eigenvalue weighted by Crippen LogP contribution is -2.47. The molecule has 1 aromatic heterocycles. The van der Waals surface area contributed by atoms with Crippen molar-refractivity contribution in [1.82, 2.24) is 14.7 Å². The van der Waals surface area contributed by atoms with Gasteiger partial charge >= 0.3 is 5.97 Å². The number of carbonyl (C=O) groups is 2. The zero-order valence-electron chi connectivity index (χ0n) is 17.4. The van der Waals surface area contributed by atoms with E-state index in [0.29, 0.717) is 31.7 Å². The Labute approximate surface area is 171 Å². The van der Waals surface area contributed by atoms with E-state index in [0.717, 1.165) is 24.1 Å². The van der Waals surface area contributed by atoms with Crippen LogP contribution in [0, 0.1) is 12.3 Å². The average molecular weight is 396 g/mol. The Morgan fingerprint density at radius 1 is 1.21 bits per heavy atom. The molecule has 2 aliphatic rings. The van der Waals surface area contributed by atoms with E-state index in [1.54, 1.807) is 4.68 Å². The minimum atomic E-state index is -0.679. The van der Waals surface area contributed by atoms with E-state index in [1.165, 1.54) is 0 Å². The largest absolute Gasteiger partial charge is 0.465 e. The van der Waals surface area contributed by atoms with Gasteiger partial charge in [-0.2, -0.15) is 5.10 Å². The van der Waals surface area contributed by atoms with Crippen LogP contribution in [0.2, 0.25) is 0 Å². The second-order valence-corrected chi connectivity index (χ2v) is 8.19. The van der Waals surface area contributed by atoms with E-state index in [9.17, 15) is 9.59 Å². The van der Waals surface area contributed by atoms with Crippen LogP contribution in [0.5, 0.6) is 0 Å². The van der Waals surface area contributed by atoms with Gasteiger partial charge in [-0.1, -0.05) is 30.3 Å². The van der Waals surface area contributed by atoms with Crippen LogP contribution in [0.4, 0.5) is 0 Å². The number of hydrogen-bond acceptors (Lipinski definition) is 4. The fourth-order valence-corrected chi connectivity index (χ4v) is 5.30. The summed E-state index contributed by atoms with van der Waals surface area (Å²) in [5, 5.41) is 4.44. The molecule has 0 aliphatic carbocycles. The molecule has 2 aliphatic heterocycles. The topological polar surface area (TPSA) is 64.4 Å². The molecule has 1 amide bonds. The third-order valence-corrected chi connectivity index (χ3v) is 6.44. The van der Waals surface area contributed by atoms with Crippen molar-refractivity contribution in [2.45, 2.75) is 65.1 Å². The van der Waals surface area contributed by atoms with Crippen LogP contribution in [-0.4, -0.2) is 45.2 Å². The maximum atomic E-state index is 13.5. The van der Waals surface area contributed by atoms with E-state index < -0.39 is 5.41 Å². The SMILES string of the molecule is CCOC(=O)[C@@]1(Cc2ccccc2)C[C@H]2CC[C@@H]1N2C(=O)c1cc(C)nn1CC. The molecule has 0 spiro atoms. The quantitative estimate of drug-likeness (QED) is 0.704. The monoisotopic (exact) mass is 395 g/mol.